The van der Waals surface area contributed by atoms with Crippen LogP contribution in [-0.4, -0.2) is 18.3 Å². The second-order valence-electron chi connectivity index (χ2n) is 21.6. The third-order valence-electron chi connectivity index (χ3n) is 17.6. The van der Waals surface area contributed by atoms with Gasteiger partial charge in [0.15, 0.2) is 0 Å². The van der Waals surface area contributed by atoms with Crippen LogP contribution in [0.4, 0.5) is 5.69 Å². The first-order valence-electron chi connectivity index (χ1n) is 27.9. The van der Waals surface area contributed by atoms with E-state index >= 15 is 0 Å². The highest BCUT2D eigenvalue weighted by Crippen LogP contribution is 2.53. The molecule has 0 aliphatic heterocycles. The molecule has 382 valence electrons. The van der Waals surface area contributed by atoms with E-state index < -0.39 is 0 Å². The summed E-state index contributed by atoms with van der Waals surface area (Å²) in [5.41, 5.74) is 14.1. The predicted molar refractivity (Wildman–Crippen MR) is 343 cm³/mol. The fourth-order valence-corrected chi connectivity index (χ4v) is 14.3. The van der Waals surface area contributed by atoms with E-state index in [1.807, 2.05) is 24.3 Å². The normalized spacial score (nSPS) is 12.1. The number of furan rings is 1. The van der Waals surface area contributed by atoms with E-state index in [-0.39, 0.29) is 0 Å². The summed E-state index contributed by atoms with van der Waals surface area (Å²) in [6.07, 6.45) is 0. The van der Waals surface area contributed by atoms with Crippen molar-refractivity contribution in [2.75, 3.05) is 0 Å². The maximum absolute atomic E-state index is 12.7. The van der Waals surface area contributed by atoms with E-state index in [2.05, 4.69) is 255 Å². The van der Waals surface area contributed by atoms with Crippen LogP contribution in [0.1, 0.15) is 5.56 Å². The number of benzene rings is 13. The average Bonchev–Trinajstić information content (AvgIpc) is 1.71. The molecule has 18 aromatic rings. The van der Waals surface area contributed by atoms with Crippen molar-refractivity contribution in [3.8, 4) is 39.9 Å². The molecule has 18 rings (SSSR count). The average molecular weight is 1060 g/mol. The van der Waals surface area contributed by atoms with Gasteiger partial charge in [-0.1, -0.05) is 182 Å². The summed E-state index contributed by atoms with van der Waals surface area (Å²) in [5.74, 6) is 0. The predicted octanol–water partition coefficient (Wildman–Crippen LogP) is 20.4. The second-order valence-corrected chi connectivity index (χ2v) is 21.6. The molecule has 0 amide bonds. The molecule has 5 aromatic heterocycles. The molecule has 83 heavy (non-hydrogen) atoms. The molecule has 0 saturated heterocycles. The van der Waals surface area contributed by atoms with Crippen LogP contribution in [-0.2, 0) is 0 Å². The minimum Gasteiger partial charge on any atom is -0.456 e. The molecule has 7 nitrogen and oxygen atoms in total. The quantitative estimate of drug-likeness (QED) is 0.127. The van der Waals surface area contributed by atoms with E-state index in [0.717, 1.165) is 120 Å². The molecule has 13 aromatic carbocycles. The summed E-state index contributed by atoms with van der Waals surface area (Å²) in [5, 5.41) is 27.6. The number of nitrogens with zero attached hydrogens (tertiary/aromatic N) is 6. The first kappa shape index (κ1) is 45.2. The summed E-state index contributed by atoms with van der Waals surface area (Å²) < 4.78 is 16.1. The van der Waals surface area contributed by atoms with Crippen molar-refractivity contribution < 1.29 is 4.42 Å². The molecule has 0 bridgehead atoms. The number of nitriles is 1. The number of fused-ring (bicyclic) bond motifs is 19. The van der Waals surface area contributed by atoms with Crippen LogP contribution in [0.15, 0.2) is 259 Å². The van der Waals surface area contributed by atoms with Gasteiger partial charge in [0.05, 0.1) is 84.4 Å². The highest BCUT2D eigenvalue weighted by molar-refractivity contribution is 6.26. The third-order valence-corrected chi connectivity index (χ3v) is 17.6. The van der Waals surface area contributed by atoms with Gasteiger partial charge in [0.2, 0.25) is 5.69 Å². The summed E-state index contributed by atoms with van der Waals surface area (Å²) >= 11 is 0. The third kappa shape index (κ3) is 6.04. The Morgan fingerprint density at radius 1 is 0.337 bits per heavy atom. The number of hydrogen-bond donors (Lipinski definition) is 0. The Bertz CT molecular complexity index is 5670. The summed E-state index contributed by atoms with van der Waals surface area (Å²) in [6, 6.07) is 92.8. The second kappa shape index (κ2) is 16.9. The zero-order chi connectivity index (χ0) is 54.6. The Hall–Kier alpha value is -11.6. The largest absolute Gasteiger partial charge is 0.456 e. The number of para-hydroxylation sites is 7. The first-order chi connectivity index (χ1) is 41.2. The minimum absolute atomic E-state index is 0.331. The lowest BCUT2D eigenvalue weighted by Crippen LogP contribution is -2.14. The molecule has 0 N–H and O–H groups in total. The summed E-state index contributed by atoms with van der Waals surface area (Å²) in [7, 11) is 0. The number of hydrogen-bond acceptors (Lipinski definition) is 2. The molecule has 0 radical (unpaired) electrons. The van der Waals surface area contributed by atoms with Gasteiger partial charge in [-0.05, 0) is 105 Å². The molecule has 0 fully saturated rings. The Kier molecular flexibility index (Phi) is 9.23. The van der Waals surface area contributed by atoms with E-state index in [1.54, 1.807) is 0 Å². The highest BCUT2D eigenvalue weighted by Gasteiger charge is 2.35. The van der Waals surface area contributed by atoms with Crippen molar-refractivity contribution in [2.24, 2.45) is 0 Å². The van der Waals surface area contributed by atoms with Crippen molar-refractivity contribution in [3.05, 3.63) is 272 Å². The van der Waals surface area contributed by atoms with Crippen LogP contribution >= 0.6 is 0 Å². The molecular formula is C76H42N6O. The molecule has 0 saturated carbocycles. The Morgan fingerprint density at radius 3 is 1.33 bits per heavy atom. The van der Waals surface area contributed by atoms with Gasteiger partial charge in [-0.15, -0.1) is 0 Å². The van der Waals surface area contributed by atoms with Crippen LogP contribution in [0.5, 0.6) is 0 Å². The zero-order valence-corrected chi connectivity index (χ0v) is 44.3. The number of aromatic nitrogens is 4. The van der Waals surface area contributed by atoms with Crippen molar-refractivity contribution >= 4 is 136 Å². The lowest BCUT2D eigenvalue weighted by molar-refractivity contribution is 0.669. The van der Waals surface area contributed by atoms with E-state index in [9.17, 15) is 11.8 Å². The van der Waals surface area contributed by atoms with Crippen LogP contribution in [0, 0.1) is 17.9 Å². The lowest BCUT2D eigenvalue weighted by Gasteiger charge is -2.27. The monoisotopic (exact) mass is 1050 g/mol. The fraction of sp³-hybridized carbons (Fsp3) is 0. The van der Waals surface area contributed by atoms with Crippen molar-refractivity contribution in [2.45, 2.75) is 0 Å². The van der Waals surface area contributed by atoms with Crippen LogP contribution in [0.3, 0.4) is 0 Å². The maximum Gasteiger partial charge on any atom is 0.237 e. The topological polar surface area (TPSA) is 61.0 Å². The van der Waals surface area contributed by atoms with Gasteiger partial charge in [0, 0.05) is 48.5 Å². The van der Waals surface area contributed by atoms with Crippen molar-refractivity contribution in [3.63, 3.8) is 0 Å². The molecule has 7 heteroatoms. The van der Waals surface area contributed by atoms with Crippen molar-refractivity contribution in [1.82, 2.24) is 18.3 Å². The van der Waals surface area contributed by atoms with E-state index in [0.29, 0.717) is 34.0 Å². The SMILES string of the molecule is [C-]#[N+]c1c(-n2c3ccccc3c3ccccc32)c(C#N)c(-n2c3ccccc3c3ccccc32)c(-n2c3ccc(-c4cc5ccccc5c5ccccc45)cc3c3ccc4oc5ccccc5c4c32)c1-n1c2ccccc2c2ccccc21. The first-order valence-corrected chi connectivity index (χ1v) is 27.9. The Labute approximate surface area is 473 Å². The molecule has 0 spiro atoms. The molecular weight excluding hydrogens is 1010 g/mol. The fourth-order valence-electron chi connectivity index (χ4n) is 14.3. The number of rotatable bonds is 5. The van der Waals surface area contributed by atoms with E-state index in [4.69, 9.17) is 9.26 Å². The van der Waals surface area contributed by atoms with Crippen molar-refractivity contribution in [1.29, 1.82) is 5.26 Å². The minimum atomic E-state index is 0.331. The van der Waals surface area contributed by atoms with Gasteiger partial charge in [-0.3, -0.25) is 0 Å². The zero-order valence-electron chi connectivity index (χ0n) is 44.3. The van der Waals surface area contributed by atoms with Gasteiger partial charge < -0.3 is 22.7 Å². The smallest absolute Gasteiger partial charge is 0.237 e. The van der Waals surface area contributed by atoms with Crippen LogP contribution in [0.25, 0.3) is 169 Å². The van der Waals surface area contributed by atoms with Gasteiger partial charge in [-0.25, -0.2) is 4.85 Å². The summed E-state index contributed by atoms with van der Waals surface area (Å²) in [6.45, 7) is 9.91. The van der Waals surface area contributed by atoms with E-state index in [1.165, 1.54) is 21.5 Å². The van der Waals surface area contributed by atoms with Gasteiger partial charge in [0.25, 0.3) is 0 Å². The van der Waals surface area contributed by atoms with Gasteiger partial charge >= 0.3 is 0 Å². The standard InChI is InChI=1S/C76H42N6O/c1-78-71-73(79-61-31-13-6-24-50(61)51-25-7-14-32-62(51)79)60(44-77)74(80-63-33-15-8-26-52(63)53-27-9-16-34-64(53)80)76(75(71)81-65-35-17-10-28-54(65)55-29-11-18-36-66(55)81)82-67-40-38-46(58-42-45-20-2-3-21-47(45)48-22-4-5-23-49(48)58)43-59(67)56-39-41-69-70(72(56)82)57-30-12-19-37-68(57)83-69/h2-43H. The molecule has 0 aliphatic rings. The molecule has 0 unspecified atom stereocenters. The molecule has 5 heterocycles. The molecule has 0 aliphatic carbocycles. The highest BCUT2D eigenvalue weighted by atomic mass is 16.3. The van der Waals surface area contributed by atoms with Gasteiger partial charge in [-0.2, -0.15) is 5.26 Å². The lowest BCUT2D eigenvalue weighted by atomic mass is 9.92. The van der Waals surface area contributed by atoms with Crippen LogP contribution < -0.4 is 0 Å². The van der Waals surface area contributed by atoms with Gasteiger partial charge in [0.1, 0.15) is 17.2 Å². The maximum atomic E-state index is 12.7. The summed E-state index contributed by atoms with van der Waals surface area (Å²) in [4.78, 5) is 4.82. The Morgan fingerprint density at radius 2 is 0.783 bits per heavy atom. The van der Waals surface area contributed by atoms with Crippen LogP contribution in [0.2, 0.25) is 0 Å². The Balaban J connectivity index is 1.14. The molecule has 0 atom stereocenters.